The molecule has 4 unspecified atom stereocenters. The van der Waals surface area contributed by atoms with Crippen LogP contribution in [-0.2, 0) is 11.3 Å². The maximum Gasteiger partial charge on any atom is 0.230 e. The van der Waals surface area contributed by atoms with Crippen molar-refractivity contribution in [1.29, 1.82) is 0 Å². The monoisotopic (exact) mass is 396 g/mol. The number of amides is 1. The minimum atomic E-state index is 0.0784. The van der Waals surface area contributed by atoms with Crippen LogP contribution in [0.2, 0.25) is 0 Å². The third kappa shape index (κ3) is 4.02. The van der Waals surface area contributed by atoms with Crippen molar-refractivity contribution in [3.05, 3.63) is 43.0 Å². The van der Waals surface area contributed by atoms with Crippen LogP contribution in [-0.4, -0.2) is 32.5 Å². The zero-order valence-electron chi connectivity index (χ0n) is 16.4. The highest BCUT2D eigenvalue weighted by atomic mass is 32.2. The minimum absolute atomic E-state index is 0.0784. The topological polar surface area (TPSA) is 59.8 Å². The van der Waals surface area contributed by atoms with Gasteiger partial charge in [0.2, 0.25) is 5.91 Å². The van der Waals surface area contributed by atoms with Crippen LogP contribution in [0.5, 0.6) is 0 Å². The van der Waals surface area contributed by atoms with Gasteiger partial charge in [-0.05, 0) is 43.9 Å². The van der Waals surface area contributed by atoms with Crippen LogP contribution in [0.1, 0.15) is 32.6 Å². The first-order chi connectivity index (χ1) is 13.7. The highest BCUT2D eigenvalue weighted by molar-refractivity contribution is 7.99. The van der Waals surface area contributed by atoms with Gasteiger partial charge >= 0.3 is 0 Å². The van der Waals surface area contributed by atoms with E-state index in [0.717, 1.165) is 28.4 Å². The first-order valence-corrected chi connectivity index (χ1v) is 11.2. The Morgan fingerprint density at radius 2 is 2.14 bits per heavy atom. The molecule has 28 heavy (non-hydrogen) atoms. The lowest BCUT2D eigenvalue weighted by Crippen LogP contribution is -2.40. The fourth-order valence-corrected chi connectivity index (χ4v) is 5.69. The fourth-order valence-electron chi connectivity index (χ4n) is 4.93. The van der Waals surface area contributed by atoms with E-state index in [-0.39, 0.29) is 11.9 Å². The third-order valence-electron chi connectivity index (χ3n) is 6.22. The Kier molecular flexibility index (Phi) is 5.85. The number of aromatic nitrogens is 3. The highest BCUT2D eigenvalue weighted by Crippen LogP contribution is 2.49. The number of benzene rings is 1. The molecule has 4 atom stereocenters. The molecule has 6 heteroatoms. The summed E-state index contributed by atoms with van der Waals surface area (Å²) < 4.78 is 2.01. The van der Waals surface area contributed by atoms with Gasteiger partial charge in [-0.25, -0.2) is 0 Å². The first kappa shape index (κ1) is 19.2. The van der Waals surface area contributed by atoms with E-state index in [1.54, 1.807) is 0 Å². The molecule has 5 nitrogen and oxygen atoms in total. The second-order valence-electron chi connectivity index (χ2n) is 8.06. The number of nitrogens with one attached hydrogen (secondary N) is 1. The molecule has 1 N–H and O–H groups in total. The Bertz CT molecular complexity index is 834. The largest absolute Gasteiger partial charge is 0.353 e. The lowest BCUT2D eigenvalue weighted by Gasteiger charge is -2.28. The molecular formula is C22H28N4OS. The van der Waals surface area contributed by atoms with Gasteiger partial charge in [0, 0.05) is 18.2 Å². The molecule has 1 amide bonds. The fraction of sp³-hybridized carbons (Fsp3) is 0.500. The standard InChI is InChI=1S/C22H28N4OS/c1-3-11-26-21(17-7-5-4-6-8-17)24-25-22(26)28-14-20(27)23-15(2)19-13-16-9-10-18(19)12-16/h3-8,15-16,18-19H,1,9-14H2,2H3,(H,23,27). The van der Waals surface area contributed by atoms with Gasteiger partial charge in [0.25, 0.3) is 0 Å². The van der Waals surface area contributed by atoms with E-state index in [0.29, 0.717) is 18.2 Å². The van der Waals surface area contributed by atoms with Gasteiger partial charge in [-0.1, -0.05) is 54.6 Å². The summed E-state index contributed by atoms with van der Waals surface area (Å²) in [7, 11) is 0. The number of carbonyl (C=O) groups excluding carboxylic acids is 1. The van der Waals surface area contributed by atoms with Crippen LogP contribution in [0.4, 0.5) is 0 Å². The van der Waals surface area contributed by atoms with E-state index in [1.165, 1.54) is 37.4 Å². The molecular weight excluding hydrogens is 368 g/mol. The van der Waals surface area contributed by atoms with Gasteiger partial charge in [0.05, 0.1) is 5.75 Å². The van der Waals surface area contributed by atoms with Crippen LogP contribution in [0.25, 0.3) is 11.4 Å². The molecule has 0 radical (unpaired) electrons. The van der Waals surface area contributed by atoms with Gasteiger partial charge in [-0.3, -0.25) is 9.36 Å². The maximum atomic E-state index is 12.5. The smallest absolute Gasteiger partial charge is 0.230 e. The van der Waals surface area contributed by atoms with Crippen molar-refractivity contribution in [3.63, 3.8) is 0 Å². The van der Waals surface area contributed by atoms with Crippen LogP contribution < -0.4 is 5.32 Å². The number of hydrogen-bond donors (Lipinski definition) is 1. The lowest BCUT2D eigenvalue weighted by atomic mass is 9.84. The molecule has 0 spiro atoms. The van der Waals surface area contributed by atoms with Gasteiger partial charge in [0.15, 0.2) is 11.0 Å². The van der Waals surface area contributed by atoms with Crippen molar-refractivity contribution in [2.45, 2.75) is 50.4 Å². The Hall–Kier alpha value is -2.08. The molecule has 2 aromatic rings. The van der Waals surface area contributed by atoms with Crippen LogP contribution in [0.15, 0.2) is 48.1 Å². The molecule has 0 saturated heterocycles. The molecule has 0 aliphatic heterocycles. The number of rotatable bonds is 8. The Morgan fingerprint density at radius 3 is 2.82 bits per heavy atom. The predicted octanol–water partition coefficient (Wildman–Crippen LogP) is 4.16. The molecule has 2 aliphatic carbocycles. The number of nitrogens with zero attached hydrogens (tertiary/aromatic N) is 3. The zero-order chi connectivity index (χ0) is 19.5. The average molecular weight is 397 g/mol. The summed E-state index contributed by atoms with van der Waals surface area (Å²) in [6.45, 7) is 6.63. The van der Waals surface area contributed by atoms with Crippen LogP contribution in [0, 0.1) is 17.8 Å². The van der Waals surface area contributed by atoms with Gasteiger partial charge in [-0.15, -0.1) is 16.8 Å². The molecule has 1 heterocycles. The molecule has 2 saturated carbocycles. The van der Waals surface area contributed by atoms with Crippen molar-refractivity contribution < 1.29 is 4.79 Å². The van der Waals surface area contributed by atoms with Crippen molar-refractivity contribution in [1.82, 2.24) is 20.1 Å². The molecule has 1 aromatic heterocycles. The second kappa shape index (κ2) is 8.52. The van der Waals surface area contributed by atoms with Crippen molar-refractivity contribution >= 4 is 17.7 Å². The summed E-state index contributed by atoms with van der Waals surface area (Å²) in [5.74, 6) is 3.61. The SMILES string of the molecule is C=CCn1c(SCC(=O)NC(C)C2CC3CCC2C3)nnc1-c1ccccc1. The van der Waals surface area contributed by atoms with Crippen molar-refractivity contribution in [2.24, 2.45) is 17.8 Å². The van der Waals surface area contributed by atoms with Crippen molar-refractivity contribution in [2.75, 3.05) is 5.75 Å². The quantitative estimate of drug-likeness (QED) is 0.538. The van der Waals surface area contributed by atoms with E-state index in [2.05, 4.69) is 29.0 Å². The van der Waals surface area contributed by atoms with E-state index in [4.69, 9.17) is 0 Å². The van der Waals surface area contributed by atoms with E-state index >= 15 is 0 Å². The predicted molar refractivity (Wildman–Crippen MR) is 113 cm³/mol. The van der Waals surface area contributed by atoms with E-state index in [1.807, 2.05) is 41.0 Å². The average Bonchev–Trinajstić information content (AvgIpc) is 3.43. The molecule has 2 fully saturated rings. The molecule has 4 rings (SSSR count). The molecule has 2 bridgehead atoms. The summed E-state index contributed by atoms with van der Waals surface area (Å²) in [4.78, 5) is 12.5. The Balaban J connectivity index is 1.37. The first-order valence-electron chi connectivity index (χ1n) is 10.2. The third-order valence-corrected chi connectivity index (χ3v) is 7.18. The Morgan fingerprint density at radius 1 is 1.32 bits per heavy atom. The van der Waals surface area contributed by atoms with Gasteiger partial charge < -0.3 is 5.32 Å². The number of fused-ring (bicyclic) bond motifs is 2. The maximum absolute atomic E-state index is 12.5. The number of allylic oxidation sites excluding steroid dienone is 1. The normalized spacial score (nSPS) is 24.2. The molecule has 148 valence electrons. The Labute approximate surface area is 171 Å². The van der Waals surface area contributed by atoms with Gasteiger partial charge in [-0.2, -0.15) is 0 Å². The second-order valence-corrected chi connectivity index (χ2v) is 9.00. The number of hydrogen-bond acceptors (Lipinski definition) is 4. The highest BCUT2D eigenvalue weighted by Gasteiger charge is 2.42. The minimum Gasteiger partial charge on any atom is -0.353 e. The number of thioether (sulfide) groups is 1. The summed E-state index contributed by atoms with van der Waals surface area (Å²) in [6.07, 6.45) is 7.22. The summed E-state index contributed by atoms with van der Waals surface area (Å²) in [6, 6.07) is 10.2. The van der Waals surface area contributed by atoms with Gasteiger partial charge in [0.1, 0.15) is 0 Å². The van der Waals surface area contributed by atoms with E-state index < -0.39 is 0 Å². The lowest BCUT2D eigenvalue weighted by molar-refractivity contribution is -0.119. The van der Waals surface area contributed by atoms with Crippen LogP contribution in [0.3, 0.4) is 0 Å². The molecule has 1 aromatic carbocycles. The number of carbonyl (C=O) groups is 1. The zero-order valence-corrected chi connectivity index (χ0v) is 17.2. The van der Waals surface area contributed by atoms with Crippen LogP contribution >= 0.6 is 11.8 Å². The summed E-state index contributed by atoms with van der Waals surface area (Å²) in [5, 5.41) is 12.6. The summed E-state index contributed by atoms with van der Waals surface area (Å²) >= 11 is 1.44. The van der Waals surface area contributed by atoms with E-state index in [9.17, 15) is 4.79 Å². The summed E-state index contributed by atoms with van der Waals surface area (Å²) in [5.41, 5.74) is 1.01. The van der Waals surface area contributed by atoms with Crippen molar-refractivity contribution in [3.8, 4) is 11.4 Å². The molecule has 2 aliphatic rings.